The highest BCUT2D eigenvalue weighted by Crippen LogP contribution is 2.11. The van der Waals surface area contributed by atoms with Gasteiger partial charge in [-0.1, -0.05) is 11.8 Å². The van der Waals surface area contributed by atoms with Crippen molar-refractivity contribution in [3.63, 3.8) is 0 Å². The summed E-state index contributed by atoms with van der Waals surface area (Å²) in [6.45, 7) is 1.99. The van der Waals surface area contributed by atoms with E-state index in [2.05, 4.69) is 11.8 Å². The fraction of sp³-hybridized carbons (Fsp3) is 0.222. The van der Waals surface area contributed by atoms with Crippen LogP contribution in [0.1, 0.15) is 16.9 Å². The van der Waals surface area contributed by atoms with Crippen LogP contribution in [-0.2, 0) is 4.79 Å². The Morgan fingerprint density at radius 1 is 1.75 bits per heavy atom. The maximum absolute atomic E-state index is 10.1. The van der Waals surface area contributed by atoms with Gasteiger partial charge in [0.05, 0.1) is 0 Å². The number of carboxylic acids is 1. The molecule has 1 rings (SSSR count). The van der Waals surface area contributed by atoms with Gasteiger partial charge in [-0.15, -0.1) is 11.3 Å². The van der Waals surface area contributed by atoms with Gasteiger partial charge in [0.25, 0.3) is 0 Å². The van der Waals surface area contributed by atoms with Gasteiger partial charge in [0.15, 0.2) is 0 Å². The van der Waals surface area contributed by atoms with E-state index >= 15 is 0 Å². The minimum absolute atomic E-state index is 0.0884. The van der Waals surface area contributed by atoms with Gasteiger partial charge in [-0.3, -0.25) is 4.79 Å². The first-order chi connectivity index (χ1) is 5.68. The number of thiophene rings is 1. The fourth-order valence-electron chi connectivity index (χ4n) is 0.731. The normalized spacial score (nSPS) is 8.75. The average molecular weight is 180 g/mol. The molecule has 0 aliphatic carbocycles. The minimum atomic E-state index is -0.880. The van der Waals surface area contributed by atoms with Crippen LogP contribution >= 0.6 is 11.3 Å². The van der Waals surface area contributed by atoms with E-state index in [1.54, 1.807) is 11.3 Å². The molecule has 0 unspecified atom stereocenters. The lowest BCUT2D eigenvalue weighted by Gasteiger charge is -1.78. The minimum Gasteiger partial charge on any atom is -0.481 e. The van der Waals surface area contributed by atoms with Gasteiger partial charge >= 0.3 is 5.97 Å². The van der Waals surface area contributed by atoms with Crippen molar-refractivity contribution in [1.82, 2.24) is 0 Å². The molecule has 1 aromatic rings. The zero-order valence-corrected chi connectivity index (χ0v) is 7.44. The number of carboxylic acid groups (broad SMARTS) is 1. The molecule has 62 valence electrons. The van der Waals surface area contributed by atoms with Crippen LogP contribution in [0.25, 0.3) is 0 Å². The van der Waals surface area contributed by atoms with Crippen LogP contribution in [0.3, 0.4) is 0 Å². The first-order valence-corrected chi connectivity index (χ1v) is 4.32. The Morgan fingerprint density at radius 3 is 3.00 bits per heavy atom. The molecule has 2 nitrogen and oxygen atoms in total. The predicted octanol–water partition coefficient (Wildman–Crippen LogP) is 1.88. The molecule has 0 spiro atoms. The van der Waals surface area contributed by atoms with E-state index in [0.717, 1.165) is 5.56 Å². The van der Waals surface area contributed by atoms with Gasteiger partial charge in [-0.05, 0) is 13.0 Å². The van der Waals surface area contributed by atoms with E-state index in [1.165, 1.54) is 4.88 Å². The second kappa shape index (κ2) is 3.93. The summed E-state index contributed by atoms with van der Waals surface area (Å²) in [6.07, 6.45) is -0.0884. The predicted molar refractivity (Wildman–Crippen MR) is 48.2 cm³/mol. The summed E-state index contributed by atoms with van der Waals surface area (Å²) in [5, 5.41) is 10.2. The largest absolute Gasteiger partial charge is 0.481 e. The van der Waals surface area contributed by atoms with Crippen molar-refractivity contribution in [3.05, 3.63) is 21.9 Å². The zero-order valence-electron chi connectivity index (χ0n) is 6.63. The van der Waals surface area contributed by atoms with Crippen molar-refractivity contribution in [1.29, 1.82) is 0 Å². The van der Waals surface area contributed by atoms with E-state index in [-0.39, 0.29) is 6.42 Å². The number of hydrogen-bond donors (Lipinski definition) is 1. The van der Waals surface area contributed by atoms with Gasteiger partial charge in [0, 0.05) is 15.8 Å². The molecule has 0 radical (unpaired) electrons. The molecule has 0 aromatic carbocycles. The topological polar surface area (TPSA) is 37.3 Å². The highest BCUT2D eigenvalue weighted by Gasteiger charge is 1.91. The van der Waals surface area contributed by atoms with Crippen molar-refractivity contribution in [2.24, 2.45) is 0 Å². The molecule has 0 amide bonds. The molecule has 0 fully saturated rings. The summed E-state index contributed by atoms with van der Waals surface area (Å²) in [4.78, 5) is 11.3. The average Bonchev–Trinajstić information content (AvgIpc) is 2.35. The molecule has 0 aliphatic rings. The maximum Gasteiger partial charge on any atom is 0.315 e. The second-order valence-electron chi connectivity index (χ2n) is 2.32. The van der Waals surface area contributed by atoms with Crippen LogP contribution in [0.2, 0.25) is 0 Å². The summed E-state index contributed by atoms with van der Waals surface area (Å²) in [5.41, 5.74) is 0.902. The van der Waals surface area contributed by atoms with Gasteiger partial charge in [0.1, 0.15) is 6.42 Å². The molecular formula is C9H8O2S. The Bertz CT molecular complexity index is 341. The first kappa shape index (κ1) is 8.82. The van der Waals surface area contributed by atoms with Gasteiger partial charge in [-0.25, -0.2) is 0 Å². The molecule has 1 heterocycles. The third-order valence-corrected chi connectivity index (χ3v) is 2.06. The molecule has 0 saturated heterocycles. The lowest BCUT2D eigenvalue weighted by atomic mass is 10.3. The Hall–Kier alpha value is -1.27. The summed E-state index contributed by atoms with van der Waals surface area (Å²) < 4.78 is 0. The molecule has 1 aromatic heterocycles. The number of hydrogen-bond acceptors (Lipinski definition) is 2. The smallest absolute Gasteiger partial charge is 0.315 e. The monoisotopic (exact) mass is 180 g/mol. The Labute approximate surface area is 74.9 Å². The number of aliphatic carboxylic acids is 1. The molecule has 0 bridgehead atoms. The Morgan fingerprint density at radius 2 is 2.50 bits per heavy atom. The second-order valence-corrected chi connectivity index (χ2v) is 3.43. The molecular weight excluding hydrogens is 172 g/mol. The summed E-state index contributed by atoms with van der Waals surface area (Å²) >= 11 is 1.61. The van der Waals surface area contributed by atoms with Crippen molar-refractivity contribution in [2.75, 3.05) is 0 Å². The highest BCUT2D eigenvalue weighted by molar-refractivity contribution is 7.10. The van der Waals surface area contributed by atoms with Crippen molar-refractivity contribution >= 4 is 17.3 Å². The lowest BCUT2D eigenvalue weighted by molar-refractivity contribution is -0.135. The van der Waals surface area contributed by atoms with E-state index in [4.69, 9.17) is 5.11 Å². The standard InChI is InChI=1S/C9H8O2S/c1-7-5-8(6-12-7)3-2-4-9(10)11/h5-6H,4H2,1H3,(H,10,11). The van der Waals surface area contributed by atoms with Gasteiger partial charge in [0.2, 0.25) is 0 Å². The molecule has 0 atom stereocenters. The summed E-state index contributed by atoms with van der Waals surface area (Å²) in [6, 6.07) is 1.94. The quantitative estimate of drug-likeness (QED) is 0.670. The van der Waals surface area contributed by atoms with Gasteiger partial charge < -0.3 is 5.11 Å². The SMILES string of the molecule is Cc1cc(C#CCC(=O)O)cs1. The maximum atomic E-state index is 10.1. The van der Waals surface area contributed by atoms with Crippen molar-refractivity contribution in [2.45, 2.75) is 13.3 Å². The van der Waals surface area contributed by atoms with Crippen LogP contribution < -0.4 is 0 Å². The molecule has 1 N–H and O–H groups in total. The van der Waals surface area contributed by atoms with Crippen LogP contribution in [0, 0.1) is 18.8 Å². The van der Waals surface area contributed by atoms with Gasteiger partial charge in [-0.2, -0.15) is 0 Å². The van der Waals surface area contributed by atoms with E-state index in [0.29, 0.717) is 0 Å². The number of carbonyl (C=O) groups is 1. The summed E-state index contributed by atoms with van der Waals surface area (Å²) in [5.74, 6) is 4.47. The lowest BCUT2D eigenvalue weighted by Crippen LogP contribution is -1.89. The van der Waals surface area contributed by atoms with Crippen molar-refractivity contribution < 1.29 is 9.90 Å². The molecule has 12 heavy (non-hydrogen) atoms. The number of aryl methyl sites for hydroxylation is 1. The van der Waals surface area contributed by atoms with Crippen LogP contribution in [-0.4, -0.2) is 11.1 Å². The van der Waals surface area contributed by atoms with E-state index < -0.39 is 5.97 Å². The van der Waals surface area contributed by atoms with E-state index in [1.807, 2.05) is 18.4 Å². The molecule has 0 saturated carbocycles. The third-order valence-electron chi connectivity index (χ3n) is 1.20. The third kappa shape index (κ3) is 2.77. The van der Waals surface area contributed by atoms with Crippen LogP contribution in [0.5, 0.6) is 0 Å². The van der Waals surface area contributed by atoms with Crippen LogP contribution in [0.15, 0.2) is 11.4 Å². The molecule has 3 heteroatoms. The molecule has 0 aliphatic heterocycles. The zero-order chi connectivity index (χ0) is 8.97. The Kier molecular flexibility index (Phi) is 2.89. The summed E-state index contributed by atoms with van der Waals surface area (Å²) in [7, 11) is 0. The Balaban J connectivity index is 2.60. The van der Waals surface area contributed by atoms with E-state index in [9.17, 15) is 4.79 Å². The van der Waals surface area contributed by atoms with Crippen LogP contribution in [0.4, 0.5) is 0 Å². The first-order valence-electron chi connectivity index (χ1n) is 3.44. The highest BCUT2D eigenvalue weighted by atomic mass is 32.1. The van der Waals surface area contributed by atoms with Crippen molar-refractivity contribution in [3.8, 4) is 11.8 Å². The number of rotatable bonds is 1. The fourth-order valence-corrected chi connectivity index (χ4v) is 1.37.